The van der Waals surface area contributed by atoms with E-state index >= 15 is 0 Å². The first-order valence-corrected chi connectivity index (χ1v) is 19.6. The first-order chi connectivity index (χ1) is 27.7. The van der Waals surface area contributed by atoms with Crippen LogP contribution in [0.1, 0.15) is 45.9 Å². The lowest BCUT2D eigenvalue weighted by molar-refractivity contribution is 0.442. The van der Waals surface area contributed by atoms with E-state index in [-0.39, 0.29) is 5.41 Å². The second-order valence-electron chi connectivity index (χ2n) is 15.6. The van der Waals surface area contributed by atoms with Crippen molar-refractivity contribution >= 4 is 10.8 Å². The molecule has 3 aliphatic rings. The summed E-state index contributed by atoms with van der Waals surface area (Å²) in [5.41, 5.74) is 18.1. The maximum Gasteiger partial charge on any atom is 0.140 e. The summed E-state index contributed by atoms with van der Waals surface area (Å²) in [6.07, 6.45) is 0. The van der Waals surface area contributed by atoms with Crippen LogP contribution in [-0.2, 0) is 10.8 Å². The number of ether oxygens (including phenoxy) is 1. The van der Waals surface area contributed by atoms with Crippen LogP contribution in [0.2, 0.25) is 0 Å². The summed E-state index contributed by atoms with van der Waals surface area (Å²) in [6, 6.07) is 73.9. The number of fused-ring (bicyclic) bond motifs is 14. The Balaban J connectivity index is 1.14. The summed E-state index contributed by atoms with van der Waals surface area (Å²) in [5.74, 6) is 1.84. The molecule has 1 atom stereocenters. The summed E-state index contributed by atoms with van der Waals surface area (Å²) in [4.78, 5) is 0. The Morgan fingerprint density at radius 2 is 0.857 bits per heavy atom. The van der Waals surface area contributed by atoms with E-state index in [0.29, 0.717) is 0 Å². The predicted molar refractivity (Wildman–Crippen MR) is 230 cm³/mol. The van der Waals surface area contributed by atoms with Gasteiger partial charge in [-0.25, -0.2) is 0 Å². The third-order valence-electron chi connectivity index (χ3n) is 13.0. The van der Waals surface area contributed by atoms with Crippen LogP contribution < -0.4 is 4.74 Å². The molecular formula is C55H36O. The van der Waals surface area contributed by atoms with Gasteiger partial charge < -0.3 is 4.74 Å². The Bertz CT molecular complexity index is 3030. The molecule has 0 bridgehead atoms. The van der Waals surface area contributed by atoms with E-state index in [0.717, 1.165) is 16.9 Å². The van der Waals surface area contributed by atoms with Gasteiger partial charge in [-0.2, -0.15) is 0 Å². The molecule has 9 aromatic rings. The third-order valence-corrected chi connectivity index (χ3v) is 13.0. The van der Waals surface area contributed by atoms with Crippen LogP contribution in [0.5, 0.6) is 11.5 Å². The van der Waals surface area contributed by atoms with Gasteiger partial charge in [-0.15, -0.1) is 0 Å². The van der Waals surface area contributed by atoms with E-state index < -0.39 is 5.41 Å². The van der Waals surface area contributed by atoms with Crippen molar-refractivity contribution in [1.82, 2.24) is 0 Å². The number of hydrogen-bond acceptors (Lipinski definition) is 1. The molecule has 0 N–H and O–H groups in total. The molecule has 1 heteroatoms. The van der Waals surface area contributed by atoms with Crippen molar-refractivity contribution in [2.75, 3.05) is 0 Å². The Kier molecular flexibility index (Phi) is 6.46. The van der Waals surface area contributed by atoms with Gasteiger partial charge in [0.15, 0.2) is 0 Å². The van der Waals surface area contributed by atoms with E-state index in [1.165, 1.54) is 88.8 Å². The third kappa shape index (κ3) is 3.99. The van der Waals surface area contributed by atoms with Crippen LogP contribution in [0.4, 0.5) is 0 Å². The molecule has 1 unspecified atom stereocenters. The van der Waals surface area contributed by atoms with Crippen molar-refractivity contribution in [3.05, 3.63) is 239 Å². The summed E-state index contributed by atoms with van der Waals surface area (Å²) in [5, 5.41) is 2.29. The fraction of sp³-hybridized carbons (Fsp3) is 0.0545. The zero-order valence-corrected chi connectivity index (χ0v) is 31.0. The van der Waals surface area contributed by atoms with Gasteiger partial charge in [-0.1, -0.05) is 182 Å². The molecular weight excluding hydrogens is 677 g/mol. The molecule has 0 aromatic heterocycles. The highest BCUT2D eigenvalue weighted by Gasteiger charge is 2.51. The van der Waals surface area contributed by atoms with Gasteiger partial charge in [-0.3, -0.25) is 0 Å². The van der Waals surface area contributed by atoms with Gasteiger partial charge in [0, 0.05) is 21.9 Å². The smallest absolute Gasteiger partial charge is 0.140 e. The minimum atomic E-state index is -0.554. The van der Waals surface area contributed by atoms with Crippen molar-refractivity contribution in [3.63, 3.8) is 0 Å². The van der Waals surface area contributed by atoms with Crippen molar-refractivity contribution < 1.29 is 4.74 Å². The number of hydrogen-bond donors (Lipinski definition) is 0. The minimum absolute atomic E-state index is 0.281. The van der Waals surface area contributed by atoms with Crippen molar-refractivity contribution in [1.29, 1.82) is 0 Å². The topological polar surface area (TPSA) is 9.23 Å². The number of rotatable bonds is 3. The average molecular weight is 713 g/mol. The maximum absolute atomic E-state index is 7.06. The fourth-order valence-electron chi connectivity index (χ4n) is 10.6. The van der Waals surface area contributed by atoms with Crippen LogP contribution in [0.25, 0.3) is 55.3 Å². The molecule has 56 heavy (non-hydrogen) atoms. The normalized spacial score (nSPS) is 16.3. The first-order valence-electron chi connectivity index (χ1n) is 19.6. The minimum Gasteiger partial charge on any atom is -0.456 e. The summed E-state index contributed by atoms with van der Waals surface area (Å²) in [7, 11) is 0. The quantitative estimate of drug-likeness (QED) is 0.177. The largest absolute Gasteiger partial charge is 0.456 e. The van der Waals surface area contributed by atoms with Crippen LogP contribution in [0.3, 0.4) is 0 Å². The molecule has 0 saturated carbocycles. The Morgan fingerprint density at radius 1 is 0.339 bits per heavy atom. The lowest BCUT2D eigenvalue weighted by Crippen LogP contribution is -2.32. The van der Waals surface area contributed by atoms with Crippen molar-refractivity contribution in [3.8, 4) is 56.0 Å². The Labute approximate surface area is 327 Å². The molecule has 0 fully saturated rings. The average Bonchev–Trinajstić information content (AvgIpc) is 3.71. The van der Waals surface area contributed by atoms with Crippen LogP contribution in [0, 0.1) is 0 Å². The van der Waals surface area contributed by atoms with E-state index in [9.17, 15) is 0 Å². The highest BCUT2D eigenvalue weighted by atomic mass is 16.5. The molecule has 1 nitrogen and oxygen atoms in total. The molecule has 1 spiro atoms. The molecule has 1 aliphatic heterocycles. The van der Waals surface area contributed by atoms with Crippen LogP contribution >= 0.6 is 0 Å². The fourth-order valence-corrected chi connectivity index (χ4v) is 10.6. The summed E-state index contributed by atoms with van der Waals surface area (Å²) < 4.78 is 7.06. The molecule has 9 aromatic carbocycles. The van der Waals surface area contributed by atoms with E-state index in [2.05, 4.69) is 207 Å². The maximum atomic E-state index is 7.06. The zero-order valence-electron chi connectivity index (χ0n) is 31.0. The molecule has 262 valence electrons. The number of benzene rings is 9. The molecule has 1 heterocycles. The second-order valence-corrected chi connectivity index (χ2v) is 15.6. The van der Waals surface area contributed by atoms with E-state index in [4.69, 9.17) is 4.74 Å². The monoisotopic (exact) mass is 712 g/mol. The molecule has 2 aliphatic carbocycles. The van der Waals surface area contributed by atoms with Gasteiger partial charge in [0.1, 0.15) is 11.5 Å². The van der Waals surface area contributed by atoms with Crippen molar-refractivity contribution in [2.45, 2.75) is 17.8 Å². The molecule has 0 saturated heterocycles. The SMILES string of the molecule is CC1(c2ccccc2)c2ccccc2-c2ccc(-c3ccccc3-c3cc4c(c5ccccc35)Oc3ccccc3C43c4ccccc4-c4ccccc43)cc21. The predicted octanol–water partition coefficient (Wildman–Crippen LogP) is 14.0. The number of para-hydroxylation sites is 1. The highest BCUT2D eigenvalue weighted by molar-refractivity contribution is 6.06. The second kappa shape index (κ2) is 11.5. The van der Waals surface area contributed by atoms with Crippen LogP contribution in [0.15, 0.2) is 200 Å². The Hall–Kier alpha value is -6.96. The molecule has 12 rings (SSSR count). The van der Waals surface area contributed by atoms with Gasteiger partial charge >= 0.3 is 0 Å². The lowest BCUT2D eigenvalue weighted by atomic mass is 9.65. The van der Waals surface area contributed by atoms with Gasteiger partial charge in [0.2, 0.25) is 0 Å². The lowest BCUT2D eigenvalue weighted by Gasteiger charge is -2.40. The standard InChI is InChI=1S/C55H36O/c1-54(36-17-3-2-4-18-36)46-26-12-9-22-40(46)43-32-31-35(33-50(43)54)37-19-5-6-20-38(37)45-34-51-53(44-25-8-7-21-39(44)45)56-52-30-16-15-29-49(52)55(51)47-27-13-10-23-41(47)42-24-11-14-28-48(42)55/h2-34H,1H3. The zero-order chi connectivity index (χ0) is 37.0. The first kappa shape index (κ1) is 31.4. The molecule has 0 radical (unpaired) electrons. The van der Waals surface area contributed by atoms with E-state index in [1.54, 1.807) is 0 Å². The van der Waals surface area contributed by atoms with Crippen LogP contribution in [-0.4, -0.2) is 0 Å². The van der Waals surface area contributed by atoms with Gasteiger partial charge in [-0.05, 0) is 103 Å². The summed E-state index contributed by atoms with van der Waals surface area (Å²) in [6.45, 7) is 2.40. The van der Waals surface area contributed by atoms with E-state index in [1.807, 2.05) is 0 Å². The highest BCUT2D eigenvalue weighted by Crippen LogP contribution is 2.64. The molecule has 0 amide bonds. The van der Waals surface area contributed by atoms with Gasteiger partial charge in [0.05, 0.1) is 5.41 Å². The van der Waals surface area contributed by atoms with Crippen molar-refractivity contribution in [2.24, 2.45) is 0 Å². The summed E-state index contributed by atoms with van der Waals surface area (Å²) >= 11 is 0. The van der Waals surface area contributed by atoms with Gasteiger partial charge in [0.25, 0.3) is 0 Å². The Morgan fingerprint density at radius 3 is 1.57 bits per heavy atom.